The van der Waals surface area contributed by atoms with Crippen molar-refractivity contribution in [1.82, 2.24) is 14.1 Å². The van der Waals surface area contributed by atoms with Crippen LogP contribution >= 0.6 is 0 Å². The zero-order chi connectivity index (χ0) is 28.4. The van der Waals surface area contributed by atoms with Gasteiger partial charge in [-0.25, -0.2) is 9.55 Å². The highest BCUT2D eigenvalue weighted by Crippen LogP contribution is 2.42. The lowest BCUT2D eigenvalue weighted by Crippen LogP contribution is -2.30. The van der Waals surface area contributed by atoms with Crippen LogP contribution in [-0.2, 0) is 13.5 Å². The maximum Gasteiger partial charge on any atom is 0.296 e. The fourth-order valence-corrected chi connectivity index (χ4v) is 6.67. The third-order valence-corrected chi connectivity index (χ3v) is 8.72. The minimum Gasteiger partial charge on any atom is -0.302 e. The number of allylic oxidation sites excluding steroid dienone is 1. The summed E-state index contributed by atoms with van der Waals surface area (Å²) in [7, 11) is 2.17. The summed E-state index contributed by atoms with van der Waals surface area (Å²) in [6.07, 6.45) is 9.73. The van der Waals surface area contributed by atoms with E-state index in [1.807, 2.05) is 0 Å². The highest BCUT2D eigenvalue weighted by molar-refractivity contribution is 6.13. The number of imidazole rings is 2. The van der Waals surface area contributed by atoms with Crippen molar-refractivity contribution in [1.29, 1.82) is 0 Å². The summed E-state index contributed by atoms with van der Waals surface area (Å²) < 4.78 is 7.05. The molecular formula is C37H37N4+. The molecule has 3 heterocycles. The highest BCUT2D eigenvalue weighted by atomic mass is 15.2. The number of rotatable bonds is 5. The highest BCUT2D eigenvalue weighted by Gasteiger charge is 2.32. The fraction of sp³-hybridized carbons (Fsp3) is 0.243. The predicted molar refractivity (Wildman–Crippen MR) is 171 cm³/mol. The van der Waals surface area contributed by atoms with Crippen molar-refractivity contribution in [3.63, 3.8) is 0 Å². The van der Waals surface area contributed by atoms with Gasteiger partial charge in [0.15, 0.2) is 0 Å². The maximum absolute atomic E-state index is 5.18. The molecule has 0 bridgehead atoms. The quantitative estimate of drug-likeness (QED) is 0.202. The molecule has 4 nitrogen and oxygen atoms in total. The van der Waals surface area contributed by atoms with Crippen molar-refractivity contribution in [3.05, 3.63) is 108 Å². The van der Waals surface area contributed by atoms with E-state index in [0.29, 0.717) is 11.8 Å². The van der Waals surface area contributed by atoms with Crippen LogP contribution in [0.25, 0.3) is 56.2 Å². The third-order valence-electron chi connectivity index (χ3n) is 8.72. The van der Waals surface area contributed by atoms with Crippen molar-refractivity contribution in [3.8, 4) is 28.2 Å². The fourth-order valence-electron chi connectivity index (χ4n) is 6.67. The summed E-state index contributed by atoms with van der Waals surface area (Å²) in [5.41, 5.74) is 11.4. The van der Waals surface area contributed by atoms with Crippen molar-refractivity contribution < 1.29 is 4.57 Å². The monoisotopic (exact) mass is 537 g/mol. The van der Waals surface area contributed by atoms with Crippen LogP contribution in [0.15, 0.2) is 85.2 Å². The lowest BCUT2D eigenvalue weighted by Gasteiger charge is -2.21. The Labute approximate surface area is 242 Å². The van der Waals surface area contributed by atoms with E-state index < -0.39 is 0 Å². The van der Waals surface area contributed by atoms with Gasteiger partial charge in [-0.05, 0) is 53.0 Å². The second kappa shape index (κ2) is 9.59. The first-order valence-electron chi connectivity index (χ1n) is 14.7. The van der Waals surface area contributed by atoms with Crippen molar-refractivity contribution >= 4 is 28.0 Å². The van der Waals surface area contributed by atoms with Crippen LogP contribution < -0.4 is 4.57 Å². The molecule has 1 aliphatic rings. The Kier molecular flexibility index (Phi) is 5.97. The van der Waals surface area contributed by atoms with Crippen molar-refractivity contribution in [2.75, 3.05) is 0 Å². The third kappa shape index (κ3) is 3.88. The summed E-state index contributed by atoms with van der Waals surface area (Å²) in [5, 5.41) is 2.48. The first-order valence-corrected chi connectivity index (χ1v) is 14.7. The molecule has 4 heteroatoms. The second-order valence-corrected chi connectivity index (χ2v) is 12.0. The van der Waals surface area contributed by atoms with Gasteiger partial charge in [0.05, 0.1) is 23.6 Å². The first-order chi connectivity index (χ1) is 19.8. The van der Waals surface area contributed by atoms with Crippen LogP contribution in [0.3, 0.4) is 0 Å². The molecule has 0 fully saturated rings. The van der Waals surface area contributed by atoms with Crippen LogP contribution in [0.2, 0.25) is 0 Å². The van der Waals surface area contributed by atoms with E-state index >= 15 is 0 Å². The summed E-state index contributed by atoms with van der Waals surface area (Å²) in [5.74, 6) is 2.99. The molecule has 204 valence electrons. The van der Waals surface area contributed by atoms with Crippen LogP contribution in [0.1, 0.15) is 62.0 Å². The van der Waals surface area contributed by atoms with Gasteiger partial charge in [-0.1, -0.05) is 88.4 Å². The van der Waals surface area contributed by atoms with Gasteiger partial charge in [-0.3, -0.25) is 0 Å². The van der Waals surface area contributed by atoms with E-state index in [0.717, 1.165) is 17.8 Å². The number of benzene rings is 4. The Morgan fingerprint density at radius 3 is 2.17 bits per heavy atom. The molecule has 0 radical (unpaired) electrons. The van der Waals surface area contributed by atoms with Gasteiger partial charge < -0.3 is 4.57 Å². The van der Waals surface area contributed by atoms with Gasteiger partial charge >= 0.3 is 0 Å². The number of fused-ring (bicyclic) bond motifs is 5. The summed E-state index contributed by atoms with van der Waals surface area (Å²) >= 11 is 0. The average molecular weight is 538 g/mol. The van der Waals surface area contributed by atoms with E-state index in [9.17, 15) is 0 Å². The number of hydrogen-bond donors (Lipinski definition) is 0. The Balaban J connectivity index is 1.59. The molecule has 0 aliphatic carbocycles. The summed E-state index contributed by atoms with van der Waals surface area (Å²) in [4.78, 5) is 5.18. The Hall–Kier alpha value is -4.44. The minimum absolute atomic E-state index is 0.353. The molecule has 0 amide bonds. The molecule has 1 aliphatic heterocycles. The van der Waals surface area contributed by atoms with Gasteiger partial charge in [0.2, 0.25) is 0 Å². The smallest absolute Gasteiger partial charge is 0.296 e. The molecular weight excluding hydrogens is 500 g/mol. The molecule has 41 heavy (non-hydrogen) atoms. The number of aromatic nitrogens is 4. The van der Waals surface area contributed by atoms with Gasteiger partial charge in [-0.15, -0.1) is 0 Å². The lowest BCUT2D eigenvalue weighted by atomic mass is 9.88. The van der Waals surface area contributed by atoms with E-state index in [4.69, 9.17) is 4.98 Å². The van der Waals surface area contributed by atoms with Crippen LogP contribution in [0.5, 0.6) is 0 Å². The molecule has 0 saturated carbocycles. The second-order valence-electron chi connectivity index (χ2n) is 12.0. The number of hydrogen-bond acceptors (Lipinski definition) is 1. The topological polar surface area (TPSA) is 26.6 Å². The first kappa shape index (κ1) is 25.5. The molecule has 2 aromatic heterocycles. The van der Waals surface area contributed by atoms with Crippen LogP contribution in [-0.4, -0.2) is 14.1 Å². The largest absolute Gasteiger partial charge is 0.302 e. The molecule has 0 atom stereocenters. The molecule has 7 rings (SSSR count). The van der Waals surface area contributed by atoms with Crippen molar-refractivity contribution in [2.24, 2.45) is 7.05 Å². The van der Waals surface area contributed by atoms with E-state index in [2.05, 4.69) is 147 Å². The normalized spacial score (nSPS) is 12.9. The summed E-state index contributed by atoms with van der Waals surface area (Å²) in [6.45, 7) is 11.5. The Morgan fingerprint density at radius 2 is 1.49 bits per heavy atom. The molecule has 0 spiro atoms. The maximum atomic E-state index is 5.18. The summed E-state index contributed by atoms with van der Waals surface area (Å²) in [6, 6.07) is 24.3. The molecule has 4 aromatic carbocycles. The van der Waals surface area contributed by atoms with E-state index in [1.165, 1.54) is 61.2 Å². The lowest BCUT2D eigenvalue weighted by molar-refractivity contribution is -0.659. The van der Waals surface area contributed by atoms with E-state index in [1.54, 1.807) is 0 Å². The Morgan fingerprint density at radius 1 is 0.829 bits per heavy atom. The van der Waals surface area contributed by atoms with Crippen LogP contribution in [0.4, 0.5) is 0 Å². The molecule has 6 aromatic rings. The molecule has 0 unspecified atom stereocenters. The average Bonchev–Trinajstić information content (AvgIpc) is 3.68. The van der Waals surface area contributed by atoms with E-state index in [-0.39, 0.29) is 0 Å². The van der Waals surface area contributed by atoms with Gasteiger partial charge in [0, 0.05) is 29.1 Å². The zero-order valence-electron chi connectivity index (χ0n) is 24.8. The number of aryl methyl sites for hydroxylation is 2. The Bertz CT molecular complexity index is 1950. The van der Waals surface area contributed by atoms with Gasteiger partial charge in [0.25, 0.3) is 5.82 Å². The standard InChI is InChI=1S/C37H37N4/c1-23(2)30-21-27(26-13-8-7-9-14-26)22-31(24(3)4)35(30)41-20-19-39(6)37(41)33-25(5)28-15-10-11-16-29(28)34-36(33)40-18-12-17-32(40)38-34/h7-16,18-24H,17H2,1-6H3/q+1. The molecule has 0 saturated heterocycles. The van der Waals surface area contributed by atoms with Gasteiger partial charge in [0.1, 0.15) is 23.9 Å². The van der Waals surface area contributed by atoms with Crippen molar-refractivity contribution in [2.45, 2.75) is 52.9 Å². The molecule has 0 N–H and O–H groups in total. The minimum atomic E-state index is 0.353. The number of nitrogens with zero attached hydrogens (tertiary/aromatic N) is 4. The predicted octanol–water partition coefficient (Wildman–Crippen LogP) is 8.72. The SMILES string of the molecule is Cc1c(-c2n(-c3c(C(C)C)cc(-c4ccccc4)cc3C(C)C)cc[n+]2C)c2c(nc3n2C=CC3)c2ccccc12. The zero-order valence-corrected chi connectivity index (χ0v) is 24.8. The van der Waals surface area contributed by atoms with Gasteiger partial charge in [-0.2, -0.15) is 4.57 Å². The van der Waals surface area contributed by atoms with Crippen LogP contribution in [0, 0.1) is 6.92 Å².